The van der Waals surface area contributed by atoms with Crippen LogP contribution in [0.1, 0.15) is 59.3 Å². The Morgan fingerprint density at radius 3 is 2.07 bits per heavy atom. The molecule has 0 aromatic carbocycles. The molecule has 2 saturated heterocycles. The van der Waals surface area contributed by atoms with Gasteiger partial charge in [-0.1, -0.05) is 20.3 Å². The predicted octanol–water partition coefficient (Wildman–Crippen LogP) is -0.921. The smallest absolute Gasteiger partial charge is 0.550 e. The van der Waals surface area contributed by atoms with Gasteiger partial charge in [0.2, 0.25) is 0 Å². The number of carboxylic acids is 2. The van der Waals surface area contributed by atoms with Crippen LogP contribution in [0.2, 0.25) is 0 Å². The minimum atomic E-state index is -1.33. The van der Waals surface area contributed by atoms with Crippen LogP contribution in [0.3, 0.4) is 0 Å². The Bertz CT molecular complexity index is 461. The van der Waals surface area contributed by atoms with Crippen LogP contribution in [-0.2, 0) is 19.1 Å². The van der Waals surface area contributed by atoms with Crippen LogP contribution in [0.4, 0.5) is 0 Å². The second-order valence-corrected chi connectivity index (χ2v) is 7.93. The molecule has 1 aliphatic carbocycles. The Hall–Kier alpha value is -0.220. The third-order valence-electron chi connectivity index (χ3n) is 6.06. The molecule has 6 unspecified atom stereocenters. The summed E-state index contributed by atoms with van der Waals surface area (Å²) in [6.45, 7) is 7.91. The first-order valence-electron chi connectivity index (χ1n) is 9.68. The fraction of sp³-hybridized carbons (Fsp3) is 0.895. The van der Waals surface area contributed by atoms with Crippen LogP contribution in [0, 0.1) is 29.6 Å². The first kappa shape index (κ1) is 27.8. The fourth-order valence-electron chi connectivity index (χ4n) is 4.65. The third-order valence-corrected chi connectivity index (χ3v) is 6.06. The number of hydrogen-bond acceptors (Lipinski definition) is 7. The Balaban J connectivity index is 0.000000571. The van der Waals surface area contributed by atoms with Gasteiger partial charge in [-0.25, -0.2) is 0 Å². The van der Waals surface area contributed by atoms with Gasteiger partial charge in [-0.05, 0) is 56.3 Å². The Labute approximate surface area is 188 Å². The van der Waals surface area contributed by atoms with E-state index in [1.807, 2.05) is 0 Å². The zero-order valence-corrected chi connectivity index (χ0v) is 19.4. The molecule has 1 saturated carbocycles. The van der Waals surface area contributed by atoms with Crippen LogP contribution in [0.15, 0.2) is 0 Å². The van der Waals surface area contributed by atoms with Gasteiger partial charge in [-0.2, -0.15) is 0 Å². The predicted molar refractivity (Wildman–Crippen MR) is 94.7 cm³/mol. The van der Waals surface area contributed by atoms with Gasteiger partial charge in [0.25, 0.3) is 0 Å². The van der Waals surface area contributed by atoms with Gasteiger partial charge in [0, 0.05) is 11.9 Å². The molecule has 0 amide bonds. The van der Waals surface area contributed by atoms with Gasteiger partial charge in [0.05, 0.1) is 19.1 Å². The number of rotatable bonds is 3. The minimum Gasteiger partial charge on any atom is -0.550 e. The van der Waals surface area contributed by atoms with Gasteiger partial charge in [-0.15, -0.1) is 0 Å². The normalized spacial score (nSPS) is 36.0. The van der Waals surface area contributed by atoms with Crippen molar-refractivity contribution >= 4 is 11.9 Å². The summed E-state index contributed by atoms with van der Waals surface area (Å²) >= 11 is 0. The summed E-state index contributed by atoms with van der Waals surface area (Å²) < 4.78 is 12.1. The minimum absolute atomic E-state index is 0. The van der Waals surface area contributed by atoms with Gasteiger partial charge < -0.3 is 24.5 Å². The molecule has 2 heterocycles. The molecule has 158 valence electrons. The van der Waals surface area contributed by atoms with Crippen molar-refractivity contribution in [3.8, 4) is 0 Å². The molecule has 3 rings (SSSR count). The van der Waals surface area contributed by atoms with Crippen molar-refractivity contribution in [1.29, 1.82) is 0 Å². The summed E-state index contributed by atoms with van der Waals surface area (Å²) in [6, 6.07) is 0. The molecule has 3 N–H and O–H groups in total. The van der Waals surface area contributed by atoms with Crippen LogP contribution < -0.4 is 34.7 Å². The molecular formula is C19H33NaO8. The number of ether oxygens (including phenoxy) is 2. The molecule has 3 fully saturated rings. The van der Waals surface area contributed by atoms with Crippen molar-refractivity contribution in [2.75, 3.05) is 6.61 Å². The maximum absolute atomic E-state index is 9.61. The number of carboxylic acid groups (broad SMARTS) is 2. The summed E-state index contributed by atoms with van der Waals surface area (Å²) in [6.07, 6.45) is 5.08. The molecule has 9 heteroatoms. The van der Waals surface area contributed by atoms with E-state index >= 15 is 0 Å². The summed E-state index contributed by atoms with van der Waals surface area (Å²) in [7, 11) is 0. The molecule has 0 spiro atoms. The van der Waals surface area contributed by atoms with Gasteiger partial charge in [0.15, 0.2) is 6.29 Å². The number of carbonyl (C=O) groups is 2. The maximum Gasteiger partial charge on any atom is 1.00 e. The van der Waals surface area contributed by atoms with Crippen LogP contribution >= 0.6 is 0 Å². The first-order chi connectivity index (χ1) is 12.8. The number of carbonyl (C=O) groups excluding carboxylic acids is 1. The monoisotopic (exact) mass is 412 g/mol. The van der Waals surface area contributed by atoms with Crippen molar-refractivity contribution in [3.63, 3.8) is 0 Å². The second-order valence-electron chi connectivity index (χ2n) is 7.93. The summed E-state index contributed by atoms with van der Waals surface area (Å²) in [5.74, 6) is 1.51. The zero-order valence-electron chi connectivity index (χ0n) is 17.4. The average Bonchev–Trinajstić information content (AvgIpc) is 2.80. The molecular weight excluding hydrogens is 379 g/mol. The van der Waals surface area contributed by atoms with E-state index in [-0.39, 0.29) is 42.3 Å². The number of aliphatic carboxylic acids is 2. The van der Waals surface area contributed by atoms with Crippen molar-refractivity contribution in [2.24, 2.45) is 29.6 Å². The van der Waals surface area contributed by atoms with E-state index in [0.29, 0.717) is 12.0 Å². The van der Waals surface area contributed by atoms with Gasteiger partial charge >= 0.3 is 35.5 Å². The van der Waals surface area contributed by atoms with Crippen molar-refractivity contribution < 1.29 is 69.3 Å². The van der Waals surface area contributed by atoms with Gasteiger partial charge in [0.1, 0.15) is 0 Å². The second kappa shape index (κ2) is 13.9. The molecule has 7 atom stereocenters. The van der Waals surface area contributed by atoms with Crippen molar-refractivity contribution in [3.05, 3.63) is 0 Å². The fourth-order valence-corrected chi connectivity index (χ4v) is 4.65. The van der Waals surface area contributed by atoms with Crippen molar-refractivity contribution in [2.45, 2.75) is 71.7 Å². The summed E-state index contributed by atoms with van der Waals surface area (Å²) in [5, 5.41) is 29.4. The average molecular weight is 412 g/mol. The SMILES string of the molecule is CC1CCC2C3C(OCC(C)C3CC[C@H]2C)O1.O=C([O-])CCC(=O)O.OO.[Na+]. The van der Waals surface area contributed by atoms with Crippen LogP contribution in [0.5, 0.6) is 0 Å². The largest absolute Gasteiger partial charge is 1.00 e. The molecule has 2 aliphatic heterocycles. The topological polar surface area (TPSA) is 136 Å². The molecule has 0 radical (unpaired) electrons. The van der Waals surface area contributed by atoms with E-state index in [1.165, 1.54) is 25.7 Å². The number of hydrogen-bond donors (Lipinski definition) is 3. The van der Waals surface area contributed by atoms with Gasteiger partial charge in [-0.3, -0.25) is 15.3 Å². The first-order valence-corrected chi connectivity index (χ1v) is 9.68. The third kappa shape index (κ3) is 8.26. The van der Waals surface area contributed by atoms with E-state index < -0.39 is 18.4 Å². The Morgan fingerprint density at radius 1 is 0.964 bits per heavy atom. The molecule has 0 aromatic rings. The van der Waals surface area contributed by atoms with Crippen LogP contribution in [-0.4, -0.2) is 46.6 Å². The van der Waals surface area contributed by atoms with E-state index in [1.54, 1.807) is 0 Å². The van der Waals surface area contributed by atoms with E-state index in [2.05, 4.69) is 20.8 Å². The quantitative estimate of drug-likeness (QED) is 0.308. The summed E-state index contributed by atoms with van der Waals surface area (Å²) in [4.78, 5) is 19.1. The van der Waals surface area contributed by atoms with E-state index in [4.69, 9.17) is 25.1 Å². The maximum atomic E-state index is 9.61. The molecule has 8 nitrogen and oxygen atoms in total. The molecule has 3 aliphatic rings. The van der Waals surface area contributed by atoms with E-state index in [9.17, 15) is 14.7 Å². The molecule has 28 heavy (non-hydrogen) atoms. The Morgan fingerprint density at radius 2 is 1.54 bits per heavy atom. The van der Waals surface area contributed by atoms with E-state index in [0.717, 1.165) is 30.3 Å². The van der Waals surface area contributed by atoms with Crippen molar-refractivity contribution in [1.82, 2.24) is 0 Å². The van der Waals surface area contributed by atoms with Crippen LogP contribution in [0.25, 0.3) is 0 Å². The standard InChI is InChI=1S/C15H26O2.C4H6O4.Na.H2O2/c1-9-4-6-13-10(2)8-16-15-14(13)12(9)7-5-11(3)17-15;5-3(6)1-2-4(7)8;;1-2/h9-15H,4-8H2,1-3H3;1-2H2,(H,5,6)(H,7,8);;1-2H/q;;+1;/p-1/t9-,10?,11?,12?,13?,14?,15?;;;/m1.../s1. The molecule has 0 aromatic heterocycles. The summed E-state index contributed by atoms with van der Waals surface area (Å²) in [5.41, 5.74) is 0. The molecule has 0 bridgehead atoms. The Kier molecular flexibility index (Phi) is 13.8. The zero-order chi connectivity index (χ0) is 20.6.